The van der Waals surface area contributed by atoms with Gasteiger partial charge in [-0.3, -0.25) is 14.4 Å². The van der Waals surface area contributed by atoms with Crippen LogP contribution in [0.4, 0.5) is 0 Å². The number of unbranched alkanes of at least 4 members (excludes halogenated alkanes) is 39. The Hall–Kier alpha value is -1.85. The predicted octanol–water partition coefficient (Wildman–Crippen LogP) is 18.5. The Balaban J connectivity index is 4.22. The monoisotopic (exact) mass is 889 g/mol. The van der Waals surface area contributed by atoms with Crippen LogP contribution in [-0.2, 0) is 28.6 Å². The maximum atomic E-state index is 12.8. The minimum atomic E-state index is -0.767. The summed E-state index contributed by atoms with van der Waals surface area (Å²) in [7, 11) is 0. The molecule has 0 aromatic rings. The molecule has 0 aliphatic carbocycles. The molecule has 1 atom stereocenters. The van der Waals surface area contributed by atoms with Crippen LogP contribution in [0.1, 0.15) is 316 Å². The molecule has 63 heavy (non-hydrogen) atoms. The van der Waals surface area contributed by atoms with Gasteiger partial charge in [-0.25, -0.2) is 0 Å². The van der Waals surface area contributed by atoms with E-state index in [4.69, 9.17) is 14.2 Å². The highest BCUT2D eigenvalue weighted by atomic mass is 16.6. The van der Waals surface area contributed by atoms with Gasteiger partial charge in [-0.1, -0.05) is 264 Å². The Morgan fingerprint density at radius 1 is 0.302 bits per heavy atom. The van der Waals surface area contributed by atoms with E-state index < -0.39 is 6.10 Å². The number of esters is 3. The Labute approximate surface area is 392 Å². The summed E-state index contributed by atoms with van der Waals surface area (Å²) in [4.78, 5) is 38.0. The van der Waals surface area contributed by atoms with Gasteiger partial charge in [-0.2, -0.15) is 0 Å². The zero-order valence-electron chi connectivity index (χ0n) is 42.6. The maximum absolute atomic E-state index is 12.8. The molecule has 0 N–H and O–H groups in total. The van der Waals surface area contributed by atoms with Gasteiger partial charge >= 0.3 is 17.9 Å². The van der Waals surface area contributed by atoms with E-state index >= 15 is 0 Å². The Morgan fingerprint density at radius 3 is 0.794 bits per heavy atom. The van der Waals surface area contributed by atoms with Crippen LogP contribution < -0.4 is 0 Å². The largest absolute Gasteiger partial charge is 0.462 e. The van der Waals surface area contributed by atoms with Crippen molar-refractivity contribution >= 4 is 17.9 Å². The van der Waals surface area contributed by atoms with Crippen LogP contribution in [0.3, 0.4) is 0 Å². The Bertz CT molecular complexity index is 978. The highest BCUT2D eigenvalue weighted by Crippen LogP contribution is 2.17. The van der Waals surface area contributed by atoms with Gasteiger partial charge in [0.05, 0.1) is 0 Å². The normalized spacial score (nSPS) is 12.0. The van der Waals surface area contributed by atoms with Gasteiger partial charge in [0.1, 0.15) is 13.2 Å². The van der Waals surface area contributed by atoms with Gasteiger partial charge in [0, 0.05) is 19.3 Å². The van der Waals surface area contributed by atoms with Crippen molar-refractivity contribution in [3.63, 3.8) is 0 Å². The van der Waals surface area contributed by atoms with Crippen molar-refractivity contribution in [2.24, 2.45) is 0 Å². The van der Waals surface area contributed by atoms with Crippen LogP contribution in [0.25, 0.3) is 0 Å². The van der Waals surface area contributed by atoms with Crippen LogP contribution in [0, 0.1) is 0 Å². The highest BCUT2D eigenvalue weighted by Gasteiger charge is 2.19. The number of allylic oxidation sites excluding steroid dienone is 2. The van der Waals surface area contributed by atoms with Crippen LogP contribution >= 0.6 is 0 Å². The number of hydrogen-bond donors (Lipinski definition) is 0. The van der Waals surface area contributed by atoms with Gasteiger partial charge in [0.25, 0.3) is 0 Å². The molecule has 0 rings (SSSR count). The lowest BCUT2D eigenvalue weighted by atomic mass is 10.0. The summed E-state index contributed by atoms with van der Waals surface area (Å²) < 4.78 is 16.8. The number of carbonyl (C=O) groups is 3. The lowest BCUT2D eigenvalue weighted by molar-refractivity contribution is -0.167. The van der Waals surface area contributed by atoms with Crippen molar-refractivity contribution < 1.29 is 28.6 Å². The summed E-state index contributed by atoms with van der Waals surface area (Å²) >= 11 is 0. The first-order chi connectivity index (χ1) is 31.0. The second kappa shape index (κ2) is 52.8. The smallest absolute Gasteiger partial charge is 0.306 e. The summed E-state index contributed by atoms with van der Waals surface area (Å²) in [6, 6.07) is 0. The average molecular weight is 889 g/mol. The van der Waals surface area contributed by atoms with Crippen molar-refractivity contribution in [2.75, 3.05) is 13.2 Å². The molecule has 0 saturated carbocycles. The SMILES string of the molecule is CCCCCCC/C=C\CCCCCCCC(=O)OC(COC(=O)CCCCCCCCCCCC)COC(=O)CCCCCCCCCCCCCCCCCCCCCCC. The van der Waals surface area contributed by atoms with E-state index in [1.807, 2.05) is 0 Å². The molecule has 372 valence electrons. The maximum Gasteiger partial charge on any atom is 0.306 e. The standard InChI is InChI=1S/C57H108O6/c1-4-7-10-13-16-19-22-24-26-27-28-29-30-31-32-34-35-38-41-44-47-50-56(59)62-53-54(52-61-55(58)49-46-43-40-37-21-18-15-12-9-6-3)63-57(60)51-48-45-42-39-36-33-25-23-20-17-14-11-8-5-2/h23,25,54H,4-22,24,26-53H2,1-3H3/b25-23-. The second-order valence-corrected chi connectivity index (χ2v) is 19.2. The van der Waals surface area contributed by atoms with E-state index in [9.17, 15) is 14.4 Å². The van der Waals surface area contributed by atoms with Gasteiger partial charge < -0.3 is 14.2 Å². The van der Waals surface area contributed by atoms with E-state index in [0.717, 1.165) is 64.2 Å². The molecule has 1 unspecified atom stereocenters. The molecule has 0 aliphatic heterocycles. The lowest BCUT2D eigenvalue weighted by Gasteiger charge is -2.18. The van der Waals surface area contributed by atoms with E-state index in [1.54, 1.807) is 0 Å². The van der Waals surface area contributed by atoms with Crippen molar-refractivity contribution in [1.29, 1.82) is 0 Å². The Morgan fingerprint density at radius 2 is 0.524 bits per heavy atom. The van der Waals surface area contributed by atoms with Crippen LogP contribution in [0.2, 0.25) is 0 Å². The topological polar surface area (TPSA) is 78.9 Å². The van der Waals surface area contributed by atoms with Crippen molar-refractivity contribution in [1.82, 2.24) is 0 Å². The predicted molar refractivity (Wildman–Crippen MR) is 270 cm³/mol. The van der Waals surface area contributed by atoms with E-state index in [-0.39, 0.29) is 31.1 Å². The molecule has 0 spiro atoms. The zero-order chi connectivity index (χ0) is 45.8. The van der Waals surface area contributed by atoms with Gasteiger partial charge in [-0.15, -0.1) is 0 Å². The van der Waals surface area contributed by atoms with E-state index in [0.29, 0.717) is 19.3 Å². The molecular formula is C57H108O6. The van der Waals surface area contributed by atoms with Crippen molar-refractivity contribution in [3.05, 3.63) is 12.2 Å². The van der Waals surface area contributed by atoms with Gasteiger partial charge in [-0.05, 0) is 44.9 Å². The summed E-state index contributed by atoms with van der Waals surface area (Å²) in [5, 5.41) is 0. The number of rotatable bonds is 52. The highest BCUT2D eigenvalue weighted by molar-refractivity contribution is 5.71. The molecule has 0 aromatic heterocycles. The first-order valence-corrected chi connectivity index (χ1v) is 28.2. The molecule has 0 saturated heterocycles. The summed E-state index contributed by atoms with van der Waals surface area (Å²) in [6.07, 6.45) is 59.2. The fraction of sp³-hybridized carbons (Fsp3) is 0.912. The molecule has 0 aliphatic rings. The molecule has 0 amide bonds. The number of hydrogen-bond acceptors (Lipinski definition) is 6. The fourth-order valence-corrected chi connectivity index (χ4v) is 8.50. The van der Waals surface area contributed by atoms with Crippen LogP contribution in [-0.4, -0.2) is 37.2 Å². The third kappa shape index (κ3) is 51.0. The first kappa shape index (κ1) is 61.1. The summed E-state index contributed by atoms with van der Waals surface area (Å²) in [6.45, 7) is 6.66. The first-order valence-electron chi connectivity index (χ1n) is 28.2. The lowest BCUT2D eigenvalue weighted by Crippen LogP contribution is -2.30. The average Bonchev–Trinajstić information content (AvgIpc) is 3.28. The van der Waals surface area contributed by atoms with Crippen LogP contribution in [0.5, 0.6) is 0 Å². The summed E-state index contributed by atoms with van der Waals surface area (Å²) in [5.74, 6) is -0.858. The Kier molecular flexibility index (Phi) is 51.2. The van der Waals surface area contributed by atoms with Gasteiger partial charge in [0.15, 0.2) is 6.10 Å². The molecule has 0 radical (unpaired) electrons. The zero-order valence-corrected chi connectivity index (χ0v) is 42.6. The molecule has 0 fully saturated rings. The third-order valence-corrected chi connectivity index (χ3v) is 12.8. The summed E-state index contributed by atoms with van der Waals surface area (Å²) in [5.41, 5.74) is 0. The molecule has 6 heteroatoms. The fourth-order valence-electron chi connectivity index (χ4n) is 8.50. The van der Waals surface area contributed by atoms with Crippen molar-refractivity contribution in [3.8, 4) is 0 Å². The molecule has 0 heterocycles. The van der Waals surface area contributed by atoms with Gasteiger partial charge in [0.2, 0.25) is 0 Å². The van der Waals surface area contributed by atoms with Crippen LogP contribution in [0.15, 0.2) is 12.2 Å². The quantitative estimate of drug-likeness (QED) is 0.0262. The van der Waals surface area contributed by atoms with E-state index in [2.05, 4.69) is 32.9 Å². The number of carbonyl (C=O) groups excluding carboxylic acids is 3. The second-order valence-electron chi connectivity index (χ2n) is 19.2. The molecule has 0 aromatic carbocycles. The molecule has 0 bridgehead atoms. The molecule has 6 nitrogen and oxygen atoms in total. The minimum absolute atomic E-state index is 0.0678. The third-order valence-electron chi connectivity index (χ3n) is 12.8. The minimum Gasteiger partial charge on any atom is -0.462 e. The molecular weight excluding hydrogens is 781 g/mol. The number of ether oxygens (including phenoxy) is 3. The van der Waals surface area contributed by atoms with Crippen molar-refractivity contribution in [2.45, 2.75) is 322 Å². The van der Waals surface area contributed by atoms with E-state index in [1.165, 1.54) is 212 Å².